The molecule has 20 heavy (non-hydrogen) atoms. The Kier molecular flexibility index (Phi) is 5.92. The Balaban J connectivity index is 2.32. The largest absolute Gasteiger partial charge is 0.350 e. The van der Waals surface area contributed by atoms with Crippen LogP contribution in [-0.4, -0.2) is 29.4 Å². The third-order valence-corrected chi connectivity index (χ3v) is 2.78. The van der Waals surface area contributed by atoms with Crippen LogP contribution in [0, 0.1) is 5.92 Å². The van der Waals surface area contributed by atoms with E-state index < -0.39 is 6.04 Å². The average Bonchev–Trinajstić information content (AvgIpc) is 2.43. The lowest BCUT2D eigenvalue weighted by molar-refractivity contribution is -0.127. The molecule has 0 aliphatic heterocycles. The molecule has 0 saturated heterocycles. The highest BCUT2D eigenvalue weighted by molar-refractivity contribution is 5.87. The molecule has 0 saturated carbocycles. The molecule has 2 amide bonds. The second kappa shape index (κ2) is 7.44. The molecule has 7 heteroatoms. The van der Waals surface area contributed by atoms with Crippen molar-refractivity contribution >= 4 is 11.8 Å². The number of carbonyl (C=O) groups is 2. The van der Waals surface area contributed by atoms with E-state index in [9.17, 15) is 14.4 Å². The van der Waals surface area contributed by atoms with E-state index in [0.717, 1.165) is 5.56 Å². The van der Waals surface area contributed by atoms with Crippen LogP contribution in [0.25, 0.3) is 0 Å². The number of hydrogen-bond acceptors (Lipinski definition) is 4. The van der Waals surface area contributed by atoms with Gasteiger partial charge in [0.25, 0.3) is 0 Å². The average molecular weight is 280 g/mol. The van der Waals surface area contributed by atoms with Gasteiger partial charge in [-0.15, -0.1) is 0 Å². The molecule has 0 spiro atoms. The van der Waals surface area contributed by atoms with Gasteiger partial charge >= 0.3 is 0 Å². The van der Waals surface area contributed by atoms with Crippen LogP contribution in [0.1, 0.15) is 19.4 Å². The highest BCUT2D eigenvalue weighted by Gasteiger charge is 2.17. The van der Waals surface area contributed by atoms with E-state index in [1.165, 1.54) is 12.3 Å². The molecule has 7 nitrogen and oxygen atoms in total. The molecule has 0 unspecified atom stereocenters. The van der Waals surface area contributed by atoms with Crippen LogP contribution >= 0.6 is 0 Å². The van der Waals surface area contributed by atoms with Crippen molar-refractivity contribution in [2.75, 3.05) is 6.54 Å². The maximum absolute atomic E-state index is 11.5. The van der Waals surface area contributed by atoms with Crippen molar-refractivity contribution in [3.8, 4) is 0 Å². The Morgan fingerprint density at radius 1 is 1.30 bits per heavy atom. The zero-order valence-electron chi connectivity index (χ0n) is 11.6. The molecule has 1 rings (SSSR count). The monoisotopic (exact) mass is 280 g/mol. The summed E-state index contributed by atoms with van der Waals surface area (Å²) in [6.07, 6.45) is 1.52. The molecule has 0 radical (unpaired) electrons. The first-order chi connectivity index (χ1) is 9.40. The van der Waals surface area contributed by atoms with Crippen molar-refractivity contribution in [3.05, 3.63) is 34.2 Å². The van der Waals surface area contributed by atoms with Gasteiger partial charge in [-0.1, -0.05) is 19.9 Å². The number of H-pyrrole nitrogens is 1. The summed E-state index contributed by atoms with van der Waals surface area (Å²) in [6, 6.07) is 2.37. The fraction of sp³-hybridized carbons (Fsp3) is 0.462. The topological polar surface area (TPSA) is 117 Å². The van der Waals surface area contributed by atoms with E-state index in [1.807, 2.05) is 13.8 Å². The number of nitrogens with one attached hydrogen (secondary N) is 3. The van der Waals surface area contributed by atoms with Gasteiger partial charge in [0.2, 0.25) is 17.4 Å². The zero-order chi connectivity index (χ0) is 15.1. The Bertz CT molecular complexity index is 504. The predicted octanol–water partition coefficient (Wildman–Crippen LogP) is -0.909. The fourth-order valence-electron chi connectivity index (χ4n) is 1.40. The summed E-state index contributed by atoms with van der Waals surface area (Å²) >= 11 is 0. The third kappa shape index (κ3) is 5.23. The number of aromatic nitrogens is 1. The van der Waals surface area contributed by atoms with Crippen LogP contribution in [0.15, 0.2) is 23.1 Å². The molecule has 0 aromatic carbocycles. The van der Waals surface area contributed by atoms with Crippen molar-refractivity contribution in [2.45, 2.75) is 26.4 Å². The molecule has 0 bridgehead atoms. The normalized spacial score (nSPS) is 12.0. The van der Waals surface area contributed by atoms with E-state index in [-0.39, 0.29) is 36.4 Å². The van der Waals surface area contributed by atoms with Crippen LogP contribution < -0.4 is 21.9 Å². The van der Waals surface area contributed by atoms with Crippen LogP contribution in [-0.2, 0) is 16.1 Å². The first-order valence-electron chi connectivity index (χ1n) is 6.37. The summed E-state index contributed by atoms with van der Waals surface area (Å²) in [6.45, 7) is 3.82. The number of hydrogen-bond donors (Lipinski definition) is 4. The molecule has 1 aromatic heterocycles. The minimum Gasteiger partial charge on any atom is -0.350 e. The molecular weight excluding hydrogens is 260 g/mol. The highest BCUT2D eigenvalue weighted by Crippen LogP contribution is 1.97. The van der Waals surface area contributed by atoms with Crippen molar-refractivity contribution in [2.24, 2.45) is 11.7 Å². The Morgan fingerprint density at radius 2 is 2.00 bits per heavy atom. The van der Waals surface area contributed by atoms with Crippen LogP contribution in [0.4, 0.5) is 0 Å². The van der Waals surface area contributed by atoms with E-state index in [2.05, 4.69) is 15.6 Å². The molecule has 0 aliphatic carbocycles. The number of carbonyl (C=O) groups excluding carboxylic acids is 2. The highest BCUT2D eigenvalue weighted by atomic mass is 16.2. The van der Waals surface area contributed by atoms with E-state index in [4.69, 9.17) is 5.73 Å². The van der Waals surface area contributed by atoms with Gasteiger partial charge in [-0.25, -0.2) is 0 Å². The standard InChI is InChI=1S/C13H20N4O3/c1-8(2)12(14)13(20)17-7-11(19)16-6-9-3-4-10(18)15-5-9/h3-5,8,12H,6-7,14H2,1-2H3,(H,15,18)(H,16,19)(H,17,20)/t12-/m0/s1. The van der Waals surface area contributed by atoms with Gasteiger partial charge in [-0.3, -0.25) is 14.4 Å². The van der Waals surface area contributed by atoms with Crippen LogP contribution in [0.5, 0.6) is 0 Å². The lowest BCUT2D eigenvalue weighted by Gasteiger charge is -2.15. The second-order valence-electron chi connectivity index (χ2n) is 4.83. The van der Waals surface area contributed by atoms with Gasteiger partial charge < -0.3 is 21.4 Å². The Hall–Kier alpha value is -2.15. The van der Waals surface area contributed by atoms with Gasteiger partial charge in [0.05, 0.1) is 12.6 Å². The Labute approximate surface area is 116 Å². The molecule has 110 valence electrons. The smallest absolute Gasteiger partial charge is 0.247 e. The number of amides is 2. The minimum absolute atomic E-state index is 0.0132. The molecule has 1 atom stereocenters. The molecule has 5 N–H and O–H groups in total. The second-order valence-corrected chi connectivity index (χ2v) is 4.83. The first-order valence-corrected chi connectivity index (χ1v) is 6.37. The summed E-state index contributed by atoms with van der Waals surface area (Å²) in [5.41, 5.74) is 6.22. The van der Waals surface area contributed by atoms with Crippen molar-refractivity contribution in [3.63, 3.8) is 0 Å². The summed E-state index contributed by atoms with van der Waals surface area (Å²) in [5.74, 6) is -0.654. The van der Waals surface area contributed by atoms with E-state index >= 15 is 0 Å². The molecule has 0 fully saturated rings. The summed E-state index contributed by atoms with van der Waals surface area (Å²) in [5, 5.41) is 5.10. The summed E-state index contributed by atoms with van der Waals surface area (Å²) in [7, 11) is 0. The minimum atomic E-state index is -0.623. The maximum Gasteiger partial charge on any atom is 0.247 e. The van der Waals surface area contributed by atoms with Crippen molar-refractivity contribution in [1.82, 2.24) is 15.6 Å². The molecule has 1 aromatic rings. The van der Waals surface area contributed by atoms with Gasteiger partial charge in [-0.05, 0) is 11.5 Å². The number of nitrogens with two attached hydrogens (primary N) is 1. The summed E-state index contributed by atoms with van der Waals surface area (Å²) in [4.78, 5) is 36.4. The fourth-order valence-corrected chi connectivity index (χ4v) is 1.40. The van der Waals surface area contributed by atoms with Crippen LogP contribution in [0.2, 0.25) is 0 Å². The zero-order valence-corrected chi connectivity index (χ0v) is 11.6. The van der Waals surface area contributed by atoms with Gasteiger partial charge in [0.1, 0.15) is 0 Å². The molecular formula is C13H20N4O3. The van der Waals surface area contributed by atoms with E-state index in [0.29, 0.717) is 0 Å². The van der Waals surface area contributed by atoms with Gasteiger partial charge in [-0.2, -0.15) is 0 Å². The number of pyridine rings is 1. The number of rotatable bonds is 6. The van der Waals surface area contributed by atoms with Crippen molar-refractivity contribution < 1.29 is 9.59 Å². The van der Waals surface area contributed by atoms with Gasteiger partial charge in [0.15, 0.2) is 0 Å². The number of aromatic amines is 1. The third-order valence-electron chi connectivity index (χ3n) is 2.78. The molecule has 0 aliphatic rings. The first kappa shape index (κ1) is 15.9. The summed E-state index contributed by atoms with van der Waals surface area (Å²) < 4.78 is 0. The maximum atomic E-state index is 11.5. The predicted molar refractivity (Wildman–Crippen MR) is 74.7 cm³/mol. The lowest BCUT2D eigenvalue weighted by atomic mass is 10.1. The van der Waals surface area contributed by atoms with Gasteiger partial charge in [0, 0.05) is 18.8 Å². The van der Waals surface area contributed by atoms with Crippen LogP contribution in [0.3, 0.4) is 0 Å². The quantitative estimate of drug-likeness (QED) is 0.539. The van der Waals surface area contributed by atoms with E-state index in [1.54, 1.807) is 6.07 Å². The molecule has 1 heterocycles. The van der Waals surface area contributed by atoms with Crippen molar-refractivity contribution in [1.29, 1.82) is 0 Å². The SMILES string of the molecule is CC(C)[C@H](N)C(=O)NCC(=O)NCc1ccc(=O)[nH]c1. The lowest BCUT2D eigenvalue weighted by Crippen LogP contribution is -2.47. The Morgan fingerprint density at radius 3 is 2.55 bits per heavy atom.